The molecule has 0 N–H and O–H groups in total. The quantitative estimate of drug-likeness (QED) is 0.603. The van der Waals surface area contributed by atoms with E-state index in [-0.39, 0.29) is 11.9 Å². The normalized spacial score (nSPS) is 25.2. The molecule has 0 bridgehead atoms. The zero-order valence-electron chi connectivity index (χ0n) is 18.3. The third-order valence-corrected chi connectivity index (χ3v) is 7.27. The van der Waals surface area contributed by atoms with E-state index in [9.17, 15) is 10.1 Å². The van der Waals surface area contributed by atoms with Crippen molar-refractivity contribution in [2.24, 2.45) is 5.92 Å². The van der Waals surface area contributed by atoms with E-state index in [4.69, 9.17) is 9.84 Å². The van der Waals surface area contributed by atoms with Gasteiger partial charge in [0, 0.05) is 11.3 Å². The predicted molar refractivity (Wildman–Crippen MR) is 117 cm³/mol. The van der Waals surface area contributed by atoms with Crippen LogP contribution in [-0.2, 0) is 21.4 Å². The van der Waals surface area contributed by atoms with Crippen molar-refractivity contribution in [3.63, 3.8) is 0 Å². The number of fused-ring (bicyclic) bond motifs is 1. The van der Waals surface area contributed by atoms with E-state index >= 15 is 0 Å². The van der Waals surface area contributed by atoms with Crippen LogP contribution in [0.25, 0.3) is 10.9 Å². The summed E-state index contributed by atoms with van der Waals surface area (Å²) in [5.41, 5.74) is 2.63. The van der Waals surface area contributed by atoms with E-state index in [1.807, 2.05) is 6.92 Å². The number of esters is 1. The molecule has 30 heavy (non-hydrogen) atoms. The fraction of sp³-hybridized carbons (Fsp3) is 0.640. The summed E-state index contributed by atoms with van der Waals surface area (Å²) in [5, 5.41) is 15.6. The summed E-state index contributed by atoms with van der Waals surface area (Å²) >= 11 is 0. The molecule has 0 radical (unpaired) electrons. The number of nitriles is 1. The molecule has 0 amide bonds. The van der Waals surface area contributed by atoms with Crippen molar-refractivity contribution >= 4 is 16.9 Å². The number of hydrogen-bond acceptors (Lipinski definition) is 4. The molecule has 1 heterocycles. The molecule has 5 nitrogen and oxygen atoms in total. The summed E-state index contributed by atoms with van der Waals surface area (Å²) in [6.07, 6.45) is 9.84. The van der Waals surface area contributed by atoms with Gasteiger partial charge in [-0.2, -0.15) is 10.4 Å². The van der Waals surface area contributed by atoms with E-state index in [1.54, 1.807) is 0 Å². The SMILES string of the molecule is CCOC(=O)C1(c2cccc3c2c(CC)nn3C2CCCCC2)CCC(C#N)CC1. The lowest BCUT2D eigenvalue weighted by Gasteiger charge is -2.37. The number of nitrogens with zero attached hydrogens (tertiary/aromatic N) is 3. The van der Waals surface area contributed by atoms with Gasteiger partial charge >= 0.3 is 5.97 Å². The van der Waals surface area contributed by atoms with Crippen LogP contribution in [0.5, 0.6) is 0 Å². The van der Waals surface area contributed by atoms with Crippen molar-refractivity contribution in [2.45, 2.75) is 89.5 Å². The first kappa shape index (κ1) is 20.9. The van der Waals surface area contributed by atoms with Gasteiger partial charge in [0.15, 0.2) is 0 Å². The summed E-state index contributed by atoms with van der Waals surface area (Å²) in [6.45, 7) is 4.39. The van der Waals surface area contributed by atoms with Gasteiger partial charge < -0.3 is 4.74 Å². The molecule has 0 unspecified atom stereocenters. The highest BCUT2D eigenvalue weighted by Gasteiger charge is 2.46. The molecule has 0 atom stereocenters. The second-order valence-corrected chi connectivity index (χ2v) is 8.94. The molecule has 160 valence electrons. The van der Waals surface area contributed by atoms with Crippen LogP contribution in [0, 0.1) is 17.2 Å². The molecule has 0 aliphatic heterocycles. The first-order valence-corrected chi connectivity index (χ1v) is 11.7. The molecular weight excluding hydrogens is 374 g/mol. The first-order valence-electron chi connectivity index (χ1n) is 11.7. The fourth-order valence-corrected chi connectivity index (χ4v) is 5.61. The zero-order chi connectivity index (χ0) is 21.1. The Morgan fingerprint density at radius 1 is 1.20 bits per heavy atom. The molecule has 0 spiro atoms. The molecule has 1 aromatic carbocycles. The average molecular weight is 408 g/mol. The number of carbonyl (C=O) groups is 1. The second kappa shape index (κ2) is 8.79. The van der Waals surface area contributed by atoms with Gasteiger partial charge in [0.1, 0.15) is 0 Å². The van der Waals surface area contributed by atoms with Crippen LogP contribution >= 0.6 is 0 Å². The van der Waals surface area contributed by atoms with Crippen molar-refractivity contribution in [1.82, 2.24) is 9.78 Å². The van der Waals surface area contributed by atoms with Crippen LogP contribution in [0.3, 0.4) is 0 Å². The summed E-state index contributed by atoms with van der Waals surface area (Å²) in [7, 11) is 0. The van der Waals surface area contributed by atoms with Gasteiger partial charge in [0.05, 0.1) is 35.3 Å². The lowest BCUT2D eigenvalue weighted by atomic mass is 9.66. The highest BCUT2D eigenvalue weighted by Crippen LogP contribution is 2.46. The minimum Gasteiger partial charge on any atom is -0.465 e. The van der Waals surface area contributed by atoms with Crippen molar-refractivity contribution in [3.8, 4) is 6.07 Å². The van der Waals surface area contributed by atoms with Gasteiger partial charge in [-0.25, -0.2) is 0 Å². The smallest absolute Gasteiger partial charge is 0.316 e. The monoisotopic (exact) mass is 407 g/mol. The van der Waals surface area contributed by atoms with Crippen molar-refractivity contribution in [2.75, 3.05) is 6.61 Å². The molecule has 2 saturated carbocycles. The molecular formula is C25H33N3O2. The van der Waals surface area contributed by atoms with E-state index in [1.165, 1.54) is 32.1 Å². The maximum absolute atomic E-state index is 13.3. The van der Waals surface area contributed by atoms with Crippen LogP contribution in [0.4, 0.5) is 0 Å². The van der Waals surface area contributed by atoms with Gasteiger partial charge in [-0.1, -0.05) is 38.3 Å². The van der Waals surface area contributed by atoms with Crippen LogP contribution in [0.1, 0.15) is 88.9 Å². The van der Waals surface area contributed by atoms with Crippen molar-refractivity contribution in [1.29, 1.82) is 5.26 Å². The first-order chi connectivity index (χ1) is 14.6. The van der Waals surface area contributed by atoms with Gasteiger partial charge in [-0.15, -0.1) is 0 Å². The summed E-state index contributed by atoms with van der Waals surface area (Å²) in [5.74, 6) is -0.108. The van der Waals surface area contributed by atoms with Gasteiger partial charge in [0.25, 0.3) is 0 Å². The number of aromatic nitrogens is 2. The second-order valence-electron chi connectivity index (χ2n) is 8.94. The Kier molecular flexibility index (Phi) is 6.13. The van der Waals surface area contributed by atoms with Gasteiger partial charge in [-0.05, 0) is 63.5 Å². The molecule has 4 rings (SSSR count). The summed E-state index contributed by atoms with van der Waals surface area (Å²) in [4.78, 5) is 13.3. The molecule has 2 aromatic rings. The number of rotatable bonds is 5. The van der Waals surface area contributed by atoms with E-state index in [2.05, 4.69) is 35.9 Å². The Morgan fingerprint density at radius 2 is 1.93 bits per heavy atom. The number of aryl methyl sites for hydroxylation is 1. The van der Waals surface area contributed by atoms with Crippen LogP contribution in [0.2, 0.25) is 0 Å². The largest absolute Gasteiger partial charge is 0.465 e. The van der Waals surface area contributed by atoms with E-state index < -0.39 is 5.41 Å². The Labute approximate surface area is 179 Å². The van der Waals surface area contributed by atoms with Gasteiger partial charge in [0.2, 0.25) is 0 Å². The summed E-state index contributed by atoms with van der Waals surface area (Å²) in [6, 6.07) is 9.21. The topological polar surface area (TPSA) is 67.9 Å². The predicted octanol–water partition coefficient (Wildman–Crippen LogP) is 5.62. The highest BCUT2D eigenvalue weighted by molar-refractivity contribution is 5.94. The van der Waals surface area contributed by atoms with Crippen LogP contribution in [-0.4, -0.2) is 22.4 Å². The molecule has 5 heteroatoms. The molecule has 2 fully saturated rings. The third-order valence-electron chi connectivity index (χ3n) is 7.27. The highest BCUT2D eigenvalue weighted by atomic mass is 16.5. The summed E-state index contributed by atoms with van der Waals surface area (Å²) < 4.78 is 7.85. The number of hydrogen-bond donors (Lipinski definition) is 0. The lowest BCUT2D eigenvalue weighted by Crippen LogP contribution is -2.41. The third kappa shape index (κ3) is 3.51. The van der Waals surface area contributed by atoms with E-state index in [0.29, 0.717) is 25.5 Å². The maximum Gasteiger partial charge on any atom is 0.316 e. The van der Waals surface area contributed by atoms with E-state index in [0.717, 1.165) is 41.4 Å². The Morgan fingerprint density at radius 3 is 2.57 bits per heavy atom. The van der Waals surface area contributed by atoms with Crippen molar-refractivity contribution < 1.29 is 9.53 Å². The zero-order valence-corrected chi connectivity index (χ0v) is 18.3. The molecule has 2 aliphatic rings. The number of ether oxygens (including phenoxy) is 1. The minimum atomic E-state index is -0.673. The Hall–Kier alpha value is -2.35. The maximum atomic E-state index is 13.3. The lowest BCUT2D eigenvalue weighted by molar-refractivity contribution is -0.151. The number of carbonyl (C=O) groups excluding carboxylic acids is 1. The molecule has 1 aromatic heterocycles. The average Bonchev–Trinajstić information content (AvgIpc) is 3.19. The van der Waals surface area contributed by atoms with Crippen LogP contribution in [0.15, 0.2) is 18.2 Å². The standard InChI is InChI=1S/C25H33N3O2/c1-3-21-23-20(25(24(29)30-4-2)15-13-18(17-26)14-16-25)11-8-12-22(23)28(27-21)19-9-6-5-7-10-19/h8,11-12,18-19H,3-7,9-10,13-16H2,1-2H3. The number of benzene rings is 1. The van der Waals surface area contributed by atoms with Gasteiger partial charge in [-0.3, -0.25) is 9.48 Å². The van der Waals surface area contributed by atoms with Crippen molar-refractivity contribution in [3.05, 3.63) is 29.5 Å². The Bertz CT molecular complexity index is 941. The minimum absolute atomic E-state index is 0.0300. The van der Waals surface area contributed by atoms with Crippen LogP contribution < -0.4 is 0 Å². The Balaban J connectivity index is 1.86. The fourth-order valence-electron chi connectivity index (χ4n) is 5.61. The molecule has 2 aliphatic carbocycles. The molecule has 0 saturated heterocycles.